The Morgan fingerprint density at radius 2 is 1.65 bits per heavy atom. The molecule has 0 unspecified atom stereocenters. The number of hydrogen-bond acceptors (Lipinski definition) is 13. The number of phenolic OH excluding ortho intramolecular Hbond substituents is 2. The van der Waals surface area contributed by atoms with Crippen LogP contribution in [0.3, 0.4) is 0 Å². The summed E-state index contributed by atoms with van der Waals surface area (Å²) in [5.41, 5.74) is -0.0466. The minimum absolute atomic E-state index is 0.0668. The number of benzene rings is 2. The molecule has 5 bridgehead atoms. The Bertz CT molecular complexity index is 1920. The van der Waals surface area contributed by atoms with E-state index in [1.165, 1.54) is 66.3 Å². The summed E-state index contributed by atoms with van der Waals surface area (Å²) in [6.45, 7) is 12.0. The van der Waals surface area contributed by atoms with Crippen LogP contribution in [-0.2, 0) is 28.6 Å². The van der Waals surface area contributed by atoms with Crippen molar-refractivity contribution in [1.82, 2.24) is 5.32 Å². The Labute approximate surface area is 319 Å². The van der Waals surface area contributed by atoms with Crippen LogP contribution in [0.15, 0.2) is 42.2 Å². The van der Waals surface area contributed by atoms with Gasteiger partial charge in [0.2, 0.25) is 0 Å². The molecule has 3 aliphatic rings. The number of aliphatic hydroxyl groups is 2. The number of likely N-dealkylation sites (N-methyl/N-ethyl adjacent to an activating group) is 1. The summed E-state index contributed by atoms with van der Waals surface area (Å²) in [5.74, 6) is -8.23. The van der Waals surface area contributed by atoms with Gasteiger partial charge in [-0.3, -0.25) is 19.2 Å². The van der Waals surface area contributed by atoms with Crippen molar-refractivity contribution in [3.8, 4) is 23.0 Å². The first-order valence-corrected chi connectivity index (χ1v) is 18.0. The number of Topliss-reactive ketones (excluding diaryl/α,β-unsaturated/α-hetero) is 1. The second-order valence-electron chi connectivity index (χ2n) is 14.4. The molecule has 2 aromatic rings. The summed E-state index contributed by atoms with van der Waals surface area (Å²) in [7, 11) is 2.83. The third-order valence-electron chi connectivity index (χ3n) is 10.5. The summed E-state index contributed by atoms with van der Waals surface area (Å²) in [6, 6.07) is 1.23. The normalized spacial score (nSPS) is 31.1. The monoisotopic (exact) mass is 768 g/mol. The predicted molar refractivity (Wildman–Crippen MR) is 202 cm³/mol. The quantitative estimate of drug-likeness (QED) is 0.186. The number of allylic oxidation sites excluding steroid dienone is 2. The Morgan fingerprint density at radius 3 is 2.27 bits per heavy atom. The number of ether oxygens (including phenoxy) is 5. The highest BCUT2D eigenvalue weighted by Gasteiger charge is 2.49. The van der Waals surface area contributed by atoms with Gasteiger partial charge in [-0.05, 0) is 19.9 Å². The molecular formula is C40H52N2O13. The molecule has 2 aromatic carbocycles. The van der Waals surface area contributed by atoms with E-state index in [2.05, 4.69) is 10.6 Å². The van der Waals surface area contributed by atoms with Crippen molar-refractivity contribution in [2.24, 2.45) is 23.7 Å². The van der Waals surface area contributed by atoms with E-state index >= 15 is 0 Å². The lowest BCUT2D eigenvalue weighted by molar-refractivity contribution is -0.160. The molecule has 55 heavy (non-hydrogen) atoms. The number of fused-ring (bicyclic) bond motifs is 14. The molecule has 0 radical (unpaired) electrons. The molecule has 9 atom stereocenters. The number of carbonyl (C=O) groups is 4. The summed E-state index contributed by atoms with van der Waals surface area (Å²) in [4.78, 5) is 52.2. The van der Waals surface area contributed by atoms with Crippen LogP contribution in [0.25, 0.3) is 10.8 Å². The van der Waals surface area contributed by atoms with Crippen LogP contribution >= 0.6 is 0 Å². The maximum Gasteiger partial charge on any atom is 0.312 e. The van der Waals surface area contributed by atoms with Crippen LogP contribution in [0.5, 0.6) is 23.0 Å². The van der Waals surface area contributed by atoms with E-state index < -0.39 is 95.5 Å². The summed E-state index contributed by atoms with van der Waals surface area (Å²) >= 11 is 0. The number of ketones is 1. The van der Waals surface area contributed by atoms with Crippen LogP contribution < -0.4 is 20.1 Å². The number of methoxy groups -OCH3 is 1. The molecule has 0 aliphatic carbocycles. The van der Waals surface area contributed by atoms with E-state index in [0.717, 1.165) is 0 Å². The van der Waals surface area contributed by atoms with E-state index in [9.17, 15) is 39.6 Å². The van der Waals surface area contributed by atoms with Crippen LogP contribution in [0.1, 0.15) is 64.4 Å². The fourth-order valence-electron chi connectivity index (χ4n) is 6.96. The van der Waals surface area contributed by atoms with Crippen LogP contribution in [-0.4, -0.2) is 95.0 Å². The van der Waals surface area contributed by atoms with Crippen molar-refractivity contribution in [2.75, 3.05) is 26.1 Å². The molecule has 5 rings (SSSR count). The van der Waals surface area contributed by atoms with E-state index in [4.69, 9.17) is 23.7 Å². The number of esters is 1. The maximum absolute atomic E-state index is 14.3. The van der Waals surface area contributed by atoms with Gasteiger partial charge in [0.05, 0.1) is 41.2 Å². The topological polar surface area (TPSA) is 219 Å². The number of carbonyl (C=O) groups excluding carboxylic acids is 4. The second-order valence-corrected chi connectivity index (χ2v) is 14.4. The number of rotatable bonds is 5. The first kappa shape index (κ1) is 42.6. The fraction of sp³-hybridized carbons (Fsp3) is 0.500. The number of anilines is 1. The molecule has 15 nitrogen and oxygen atoms in total. The van der Waals surface area contributed by atoms with Crippen LogP contribution in [0.4, 0.5) is 5.69 Å². The largest absolute Gasteiger partial charge is 0.507 e. The van der Waals surface area contributed by atoms with Gasteiger partial charge in [0, 0.05) is 74.3 Å². The second kappa shape index (κ2) is 17.1. The molecule has 300 valence electrons. The molecular weight excluding hydrogens is 716 g/mol. The van der Waals surface area contributed by atoms with E-state index in [0.29, 0.717) is 0 Å². The molecule has 0 saturated carbocycles. The van der Waals surface area contributed by atoms with E-state index in [1.807, 2.05) is 0 Å². The maximum atomic E-state index is 14.3. The van der Waals surface area contributed by atoms with Gasteiger partial charge in [0.1, 0.15) is 23.4 Å². The highest BCUT2D eigenvalue weighted by atomic mass is 16.7. The minimum atomic E-state index is -2.02. The standard InChI is InChI=1S/C40H52N2O13/c1-18-12-11-13-19(2)39(50)42-25-16-27(52-17-28(44)41-9)29-30(35(25)48)34(47)23(6)37-31(29)38(49)40(8,55-37)53-15-14-26(51-10)20(3)36(54-24(7)43)22(5)33(46)21(4)32(18)45/h11-16,18,20-22,26,32-33,36,45-48H,17H2,1-10H3,(H,41,44)(H,42,50)/b12-11+,15-14+,19-13-/t18-,20+,21+,22+,26-,32-,33+,36+,40-/m0/s1. The van der Waals surface area contributed by atoms with Crippen molar-refractivity contribution in [3.63, 3.8) is 0 Å². The number of phenols is 2. The van der Waals surface area contributed by atoms with Crippen molar-refractivity contribution >= 4 is 40.0 Å². The average Bonchev–Trinajstić information content (AvgIpc) is 3.41. The van der Waals surface area contributed by atoms with Gasteiger partial charge in [-0.25, -0.2) is 0 Å². The Morgan fingerprint density at radius 1 is 0.982 bits per heavy atom. The SMILES string of the molecule is CNC(=O)COc1cc2c(O)c3c(O)c(C)c4c(c13)C(=O)[C@@](C)(O/C=C/[C@H](OC)[C@@H](C)[C@@H](OC(C)=O)[C@H](C)[C@H](O)[C@H](C)[C@@H](O)[C@@H](C)/C=C/C=C(/C)C(=O)N2)O4. The zero-order valence-electron chi connectivity index (χ0n) is 32.8. The lowest BCUT2D eigenvalue weighted by Crippen LogP contribution is -2.46. The number of aliphatic hydroxyl groups excluding tert-OH is 2. The molecule has 15 heteroatoms. The van der Waals surface area contributed by atoms with Crippen molar-refractivity contribution in [2.45, 2.75) is 85.6 Å². The van der Waals surface area contributed by atoms with Gasteiger partial charge < -0.3 is 54.7 Å². The Balaban J connectivity index is 1.93. The fourth-order valence-corrected chi connectivity index (χ4v) is 6.96. The van der Waals surface area contributed by atoms with Crippen molar-refractivity contribution in [1.29, 1.82) is 0 Å². The first-order chi connectivity index (χ1) is 25.8. The third-order valence-corrected chi connectivity index (χ3v) is 10.5. The molecule has 3 heterocycles. The van der Waals surface area contributed by atoms with Crippen LogP contribution in [0, 0.1) is 30.6 Å². The van der Waals surface area contributed by atoms with Crippen LogP contribution in [0.2, 0.25) is 0 Å². The summed E-state index contributed by atoms with van der Waals surface area (Å²) < 4.78 is 29.3. The lowest BCUT2D eigenvalue weighted by Gasteiger charge is -2.38. The molecule has 2 amide bonds. The number of hydrogen-bond donors (Lipinski definition) is 6. The number of aromatic hydroxyl groups is 2. The zero-order valence-corrected chi connectivity index (χ0v) is 32.8. The molecule has 0 spiro atoms. The summed E-state index contributed by atoms with van der Waals surface area (Å²) in [6.07, 6.45) is 3.55. The van der Waals surface area contributed by atoms with E-state index in [1.54, 1.807) is 39.8 Å². The predicted octanol–water partition coefficient (Wildman–Crippen LogP) is 4.17. The van der Waals surface area contributed by atoms with Crippen molar-refractivity contribution < 1.29 is 63.3 Å². The molecule has 0 aromatic heterocycles. The van der Waals surface area contributed by atoms with Gasteiger partial charge in [0.25, 0.3) is 17.6 Å². The van der Waals surface area contributed by atoms with Crippen molar-refractivity contribution in [3.05, 3.63) is 53.3 Å². The molecule has 3 aliphatic heterocycles. The Hall–Kier alpha value is -5.12. The first-order valence-electron chi connectivity index (χ1n) is 18.0. The average molecular weight is 769 g/mol. The van der Waals surface area contributed by atoms with Gasteiger partial charge >= 0.3 is 11.8 Å². The molecule has 6 N–H and O–H groups in total. The van der Waals surface area contributed by atoms with E-state index in [-0.39, 0.29) is 44.7 Å². The highest BCUT2D eigenvalue weighted by molar-refractivity contribution is 6.21. The molecule has 0 saturated heterocycles. The molecule has 0 fully saturated rings. The number of amides is 2. The zero-order chi connectivity index (χ0) is 41.1. The minimum Gasteiger partial charge on any atom is -0.507 e. The smallest absolute Gasteiger partial charge is 0.312 e. The number of nitrogens with one attached hydrogen (secondary N) is 2. The van der Waals surface area contributed by atoms with Gasteiger partial charge in [-0.2, -0.15) is 0 Å². The van der Waals surface area contributed by atoms with Gasteiger partial charge in [0.15, 0.2) is 12.4 Å². The highest BCUT2D eigenvalue weighted by Crippen LogP contribution is 2.54. The Kier molecular flexibility index (Phi) is 13.3. The van der Waals surface area contributed by atoms with Gasteiger partial charge in [-0.1, -0.05) is 45.9 Å². The lowest BCUT2D eigenvalue weighted by atomic mass is 9.78. The summed E-state index contributed by atoms with van der Waals surface area (Å²) in [5, 5.41) is 50.4. The van der Waals surface area contributed by atoms with Gasteiger partial charge in [-0.15, -0.1) is 0 Å². The third kappa shape index (κ3) is 8.58.